The highest BCUT2D eigenvalue weighted by Gasteiger charge is 2.29. The van der Waals surface area contributed by atoms with Crippen LogP contribution < -0.4 is 20.9 Å². The maximum atomic E-state index is 13.6. The summed E-state index contributed by atoms with van der Waals surface area (Å²) in [5.74, 6) is -1.15. The largest absolute Gasteiger partial charge is 0.329 e. The summed E-state index contributed by atoms with van der Waals surface area (Å²) in [6, 6.07) is 9.68. The number of hydrazine groups is 1. The smallest absolute Gasteiger partial charge is 0.269 e. The average molecular weight is 443 g/mol. The van der Waals surface area contributed by atoms with E-state index in [0.717, 1.165) is 12.8 Å². The normalized spacial score (nSPS) is 13.6. The monoisotopic (exact) mass is 442 g/mol. The van der Waals surface area contributed by atoms with Gasteiger partial charge >= 0.3 is 0 Å². The molecule has 1 aliphatic carbocycles. The quantitative estimate of drug-likeness (QED) is 0.419. The molecule has 1 saturated carbocycles. The first-order valence-corrected chi connectivity index (χ1v) is 10.5. The van der Waals surface area contributed by atoms with E-state index in [4.69, 9.17) is 23.8 Å². The number of sulfonamides is 1. The summed E-state index contributed by atoms with van der Waals surface area (Å²) in [6.07, 6.45) is 1.54. The van der Waals surface area contributed by atoms with Crippen LogP contribution in [0.4, 0.5) is 10.1 Å². The van der Waals surface area contributed by atoms with Gasteiger partial charge in [0.1, 0.15) is 10.7 Å². The first-order chi connectivity index (χ1) is 13.3. The van der Waals surface area contributed by atoms with Crippen molar-refractivity contribution >= 4 is 50.5 Å². The molecule has 0 unspecified atom stereocenters. The van der Waals surface area contributed by atoms with Gasteiger partial charge in [0.25, 0.3) is 5.91 Å². The Kier molecular flexibility index (Phi) is 6.14. The number of carbonyl (C=O) groups is 1. The highest BCUT2D eigenvalue weighted by Crippen LogP contribution is 2.26. The van der Waals surface area contributed by atoms with Crippen molar-refractivity contribution in [3.05, 3.63) is 58.9 Å². The molecule has 0 aliphatic heterocycles. The number of anilines is 1. The molecule has 0 spiro atoms. The standard InChI is InChI=1S/C17H16ClFN4O3S2/c18-12-8-5-10(9-15(12)28(25,26)23-11-6-7-11)16(24)21-22-17(27)20-14-4-2-1-3-13(14)19/h1-5,8-9,11,23H,6-7H2,(H,21,24)(H2,20,22,27). The molecular weight excluding hydrogens is 427 g/mol. The molecule has 3 rings (SSSR count). The van der Waals surface area contributed by atoms with Gasteiger partial charge in [0.2, 0.25) is 10.0 Å². The molecular formula is C17H16ClFN4O3S2. The summed E-state index contributed by atoms with van der Waals surface area (Å²) in [4.78, 5) is 12.1. The number of carbonyl (C=O) groups excluding carboxylic acids is 1. The molecule has 1 amide bonds. The molecule has 148 valence electrons. The van der Waals surface area contributed by atoms with E-state index in [9.17, 15) is 17.6 Å². The number of hydrogen-bond donors (Lipinski definition) is 4. The minimum absolute atomic E-state index is 0.00870. The van der Waals surface area contributed by atoms with Gasteiger partial charge in [-0.1, -0.05) is 23.7 Å². The second-order valence-electron chi connectivity index (χ2n) is 6.05. The third-order valence-corrected chi connectivity index (χ3v) is 6.00. The van der Waals surface area contributed by atoms with E-state index >= 15 is 0 Å². The predicted octanol–water partition coefficient (Wildman–Crippen LogP) is 2.55. The predicted molar refractivity (Wildman–Crippen MR) is 108 cm³/mol. The van der Waals surface area contributed by atoms with Crippen molar-refractivity contribution < 1.29 is 17.6 Å². The molecule has 1 fully saturated rings. The lowest BCUT2D eigenvalue weighted by atomic mass is 10.2. The van der Waals surface area contributed by atoms with Crippen LogP contribution >= 0.6 is 23.8 Å². The van der Waals surface area contributed by atoms with Crippen LogP contribution in [0, 0.1) is 5.82 Å². The number of halogens is 2. The highest BCUT2D eigenvalue weighted by atomic mass is 35.5. The summed E-state index contributed by atoms with van der Waals surface area (Å²) < 4.78 is 40.8. The van der Waals surface area contributed by atoms with Crippen molar-refractivity contribution in [3.63, 3.8) is 0 Å². The Morgan fingerprint density at radius 1 is 1.14 bits per heavy atom. The summed E-state index contributed by atoms with van der Waals surface area (Å²) in [7, 11) is -3.82. The van der Waals surface area contributed by atoms with Crippen LogP contribution in [0.5, 0.6) is 0 Å². The third kappa shape index (κ3) is 5.16. The molecule has 1 aliphatic rings. The number of para-hydroxylation sites is 1. The van der Waals surface area contributed by atoms with E-state index in [1.54, 1.807) is 6.07 Å². The number of rotatable bonds is 5. The number of benzene rings is 2. The Balaban J connectivity index is 1.65. The van der Waals surface area contributed by atoms with Gasteiger partial charge in [-0.15, -0.1) is 0 Å². The van der Waals surface area contributed by atoms with Gasteiger partial charge in [-0.3, -0.25) is 15.6 Å². The van der Waals surface area contributed by atoms with E-state index < -0.39 is 21.7 Å². The van der Waals surface area contributed by atoms with Gasteiger partial charge in [-0.05, 0) is 55.4 Å². The Morgan fingerprint density at radius 2 is 1.86 bits per heavy atom. The maximum Gasteiger partial charge on any atom is 0.269 e. The SMILES string of the molecule is O=C(NNC(=S)Nc1ccccc1F)c1ccc(Cl)c(S(=O)(=O)NC2CC2)c1. The summed E-state index contributed by atoms with van der Waals surface area (Å²) in [6.45, 7) is 0. The van der Waals surface area contributed by atoms with E-state index in [1.807, 2.05) is 0 Å². The van der Waals surface area contributed by atoms with Crippen LogP contribution in [0.3, 0.4) is 0 Å². The van der Waals surface area contributed by atoms with Crippen LogP contribution in [0.1, 0.15) is 23.2 Å². The third-order valence-electron chi connectivity index (χ3n) is 3.79. The lowest BCUT2D eigenvalue weighted by Gasteiger charge is -2.13. The zero-order valence-corrected chi connectivity index (χ0v) is 16.7. The second kappa shape index (κ2) is 8.39. The maximum absolute atomic E-state index is 13.6. The zero-order chi connectivity index (χ0) is 20.3. The van der Waals surface area contributed by atoms with E-state index in [0.29, 0.717) is 0 Å². The van der Waals surface area contributed by atoms with Gasteiger partial charge in [0, 0.05) is 11.6 Å². The van der Waals surface area contributed by atoms with Gasteiger partial charge in [0.05, 0.1) is 10.7 Å². The first-order valence-electron chi connectivity index (χ1n) is 8.20. The number of thiocarbonyl (C=S) groups is 1. The molecule has 0 radical (unpaired) electrons. The van der Waals surface area contributed by atoms with Crippen LogP contribution in [0.15, 0.2) is 47.4 Å². The van der Waals surface area contributed by atoms with Crippen molar-refractivity contribution in [1.29, 1.82) is 0 Å². The van der Waals surface area contributed by atoms with Gasteiger partial charge in [-0.2, -0.15) is 0 Å². The Morgan fingerprint density at radius 3 is 2.54 bits per heavy atom. The molecule has 28 heavy (non-hydrogen) atoms. The Labute approximate surface area is 171 Å². The average Bonchev–Trinajstić information content (AvgIpc) is 3.45. The molecule has 11 heteroatoms. The fourth-order valence-corrected chi connectivity index (χ4v) is 4.23. The second-order valence-corrected chi connectivity index (χ2v) is 8.55. The molecule has 4 N–H and O–H groups in total. The van der Waals surface area contributed by atoms with Gasteiger partial charge in [0.15, 0.2) is 5.11 Å². The zero-order valence-electron chi connectivity index (χ0n) is 14.3. The van der Waals surface area contributed by atoms with Gasteiger partial charge < -0.3 is 5.32 Å². The minimum Gasteiger partial charge on any atom is -0.329 e. The summed E-state index contributed by atoms with van der Waals surface area (Å²) in [5, 5.41) is 2.56. The lowest BCUT2D eigenvalue weighted by Crippen LogP contribution is -2.43. The first kappa shape index (κ1) is 20.5. The van der Waals surface area contributed by atoms with Crippen LogP contribution in [-0.2, 0) is 10.0 Å². The molecule has 2 aromatic rings. The van der Waals surface area contributed by atoms with Crippen LogP contribution in [-0.4, -0.2) is 25.5 Å². The minimum atomic E-state index is -3.82. The molecule has 0 aromatic heterocycles. The highest BCUT2D eigenvalue weighted by molar-refractivity contribution is 7.89. The molecule has 0 atom stereocenters. The van der Waals surface area contributed by atoms with Crippen LogP contribution in [0.2, 0.25) is 5.02 Å². The van der Waals surface area contributed by atoms with E-state index in [1.165, 1.54) is 36.4 Å². The van der Waals surface area contributed by atoms with Crippen molar-refractivity contribution in [2.75, 3.05) is 5.32 Å². The van der Waals surface area contributed by atoms with Crippen molar-refractivity contribution in [2.24, 2.45) is 0 Å². The lowest BCUT2D eigenvalue weighted by molar-refractivity contribution is 0.0944. The summed E-state index contributed by atoms with van der Waals surface area (Å²) >= 11 is 11.0. The van der Waals surface area contributed by atoms with Crippen molar-refractivity contribution in [2.45, 2.75) is 23.8 Å². The van der Waals surface area contributed by atoms with Crippen molar-refractivity contribution in [3.8, 4) is 0 Å². The molecule has 0 heterocycles. The molecule has 0 saturated heterocycles. The van der Waals surface area contributed by atoms with Gasteiger partial charge in [-0.25, -0.2) is 17.5 Å². The molecule has 0 bridgehead atoms. The Bertz CT molecular complexity index is 1030. The summed E-state index contributed by atoms with van der Waals surface area (Å²) in [5.41, 5.74) is 4.94. The van der Waals surface area contributed by atoms with E-state index in [-0.39, 0.29) is 32.3 Å². The fourth-order valence-electron chi connectivity index (χ4n) is 2.24. The number of hydrogen-bond acceptors (Lipinski definition) is 4. The van der Waals surface area contributed by atoms with Crippen LogP contribution in [0.25, 0.3) is 0 Å². The van der Waals surface area contributed by atoms with Crippen molar-refractivity contribution in [1.82, 2.24) is 15.6 Å². The topological polar surface area (TPSA) is 99.3 Å². The number of nitrogens with one attached hydrogen (secondary N) is 4. The fraction of sp³-hybridized carbons (Fsp3) is 0.176. The molecule has 7 nitrogen and oxygen atoms in total. The molecule has 2 aromatic carbocycles. The number of amides is 1. The Hall–Kier alpha value is -2.27. The van der Waals surface area contributed by atoms with E-state index in [2.05, 4.69) is 20.9 Å².